The van der Waals surface area contributed by atoms with E-state index in [9.17, 15) is 0 Å². The summed E-state index contributed by atoms with van der Waals surface area (Å²) >= 11 is 1.79. The molecule has 2 aromatic heterocycles. The molecule has 2 heterocycles. The molecular weight excluding hydrogens is 282 g/mol. The summed E-state index contributed by atoms with van der Waals surface area (Å²) in [5.74, 6) is 0.962. The van der Waals surface area contributed by atoms with E-state index in [1.54, 1.807) is 11.3 Å². The minimum absolute atomic E-state index is 0.331. The lowest BCUT2D eigenvalue weighted by atomic mass is 10.2. The number of ether oxygens (including phenoxy) is 1. The van der Waals surface area contributed by atoms with Gasteiger partial charge < -0.3 is 14.6 Å². The van der Waals surface area contributed by atoms with Crippen molar-refractivity contribution in [1.29, 1.82) is 0 Å². The fraction of sp³-hybridized carbons (Fsp3) is 0.562. The Labute approximate surface area is 131 Å². The fourth-order valence-corrected chi connectivity index (χ4v) is 3.19. The first kappa shape index (κ1) is 16.0. The van der Waals surface area contributed by atoms with Crippen LogP contribution in [0.2, 0.25) is 0 Å². The minimum atomic E-state index is 0.331. The van der Waals surface area contributed by atoms with Gasteiger partial charge in [-0.3, -0.25) is 0 Å². The highest BCUT2D eigenvalue weighted by atomic mass is 32.1. The second kappa shape index (κ2) is 8.20. The van der Waals surface area contributed by atoms with Crippen molar-refractivity contribution in [3.05, 3.63) is 34.3 Å². The predicted molar refractivity (Wildman–Crippen MR) is 89.0 cm³/mol. The topological polar surface area (TPSA) is 39.1 Å². The Hall–Kier alpha value is -1.33. The van der Waals surface area contributed by atoms with Crippen LogP contribution in [0.5, 0.6) is 0 Å². The zero-order chi connectivity index (χ0) is 15.1. The highest BCUT2D eigenvalue weighted by Gasteiger charge is 2.14. The molecule has 0 saturated carbocycles. The monoisotopic (exact) mass is 307 g/mol. The largest absolute Gasteiger partial charge is 0.382 e. The predicted octanol–water partition coefficient (Wildman–Crippen LogP) is 4.24. The minimum Gasteiger partial charge on any atom is -0.382 e. The van der Waals surface area contributed by atoms with Gasteiger partial charge in [0.1, 0.15) is 0 Å². The van der Waals surface area contributed by atoms with Gasteiger partial charge in [0, 0.05) is 30.8 Å². The summed E-state index contributed by atoms with van der Waals surface area (Å²) < 4.78 is 7.61. The molecule has 116 valence electrons. The number of aromatic nitrogens is 2. The number of rotatable bonds is 9. The van der Waals surface area contributed by atoms with Gasteiger partial charge in [0.25, 0.3) is 0 Å². The Morgan fingerprint density at radius 3 is 2.95 bits per heavy atom. The molecule has 0 aliphatic carbocycles. The van der Waals surface area contributed by atoms with Gasteiger partial charge in [0.15, 0.2) is 0 Å². The van der Waals surface area contributed by atoms with Gasteiger partial charge in [-0.2, -0.15) is 0 Å². The summed E-state index contributed by atoms with van der Waals surface area (Å²) in [4.78, 5) is 5.98. The van der Waals surface area contributed by atoms with Crippen molar-refractivity contribution in [3.8, 4) is 0 Å². The standard InChI is InChI=1S/C16H25N3OS/c1-4-14(15-8-6-11-21-15)18-16-17-13(3)12-19(16)9-7-10-20-5-2/h6,8,11-12,14H,4-5,7,9-10H2,1-3H3,(H,17,18). The van der Waals surface area contributed by atoms with E-state index in [1.165, 1.54) is 4.88 Å². The van der Waals surface area contributed by atoms with E-state index in [1.807, 2.05) is 13.8 Å². The number of nitrogens with zero attached hydrogens (tertiary/aromatic N) is 2. The van der Waals surface area contributed by atoms with Crippen LogP contribution in [0, 0.1) is 6.92 Å². The number of aryl methyl sites for hydroxylation is 2. The average molecular weight is 307 g/mol. The molecule has 0 aromatic carbocycles. The average Bonchev–Trinajstić information content (AvgIpc) is 3.11. The van der Waals surface area contributed by atoms with Crippen LogP contribution in [0.4, 0.5) is 5.95 Å². The summed E-state index contributed by atoms with van der Waals surface area (Å²) in [6, 6.07) is 4.61. The van der Waals surface area contributed by atoms with Gasteiger partial charge in [-0.1, -0.05) is 13.0 Å². The molecule has 1 atom stereocenters. The lowest BCUT2D eigenvalue weighted by Crippen LogP contribution is -2.13. The van der Waals surface area contributed by atoms with E-state index in [4.69, 9.17) is 4.74 Å². The van der Waals surface area contributed by atoms with Crippen molar-refractivity contribution in [3.63, 3.8) is 0 Å². The van der Waals surface area contributed by atoms with Crippen molar-refractivity contribution in [1.82, 2.24) is 9.55 Å². The number of imidazole rings is 1. The van der Waals surface area contributed by atoms with E-state index >= 15 is 0 Å². The Bertz CT molecular complexity index is 522. The van der Waals surface area contributed by atoms with Crippen LogP contribution < -0.4 is 5.32 Å². The molecule has 2 rings (SSSR count). The Kier molecular flexibility index (Phi) is 6.26. The number of nitrogens with one attached hydrogen (secondary N) is 1. The molecule has 0 fully saturated rings. The van der Waals surface area contributed by atoms with Crippen molar-refractivity contribution < 1.29 is 4.74 Å². The van der Waals surface area contributed by atoms with Crippen LogP contribution in [-0.4, -0.2) is 22.8 Å². The van der Waals surface area contributed by atoms with Crippen molar-refractivity contribution in [2.24, 2.45) is 0 Å². The first-order valence-electron chi connectivity index (χ1n) is 7.66. The van der Waals surface area contributed by atoms with Gasteiger partial charge >= 0.3 is 0 Å². The third-order valence-corrected chi connectivity index (χ3v) is 4.37. The zero-order valence-electron chi connectivity index (χ0n) is 13.1. The van der Waals surface area contributed by atoms with E-state index in [0.717, 1.165) is 44.2 Å². The SMILES string of the molecule is CCOCCCn1cc(C)nc1NC(CC)c1cccs1. The van der Waals surface area contributed by atoms with Crippen molar-refractivity contribution >= 4 is 17.3 Å². The quantitative estimate of drug-likeness (QED) is 0.704. The lowest BCUT2D eigenvalue weighted by Gasteiger charge is -2.17. The molecule has 0 saturated heterocycles. The van der Waals surface area contributed by atoms with Crippen molar-refractivity contribution in [2.45, 2.75) is 46.2 Å². The zero-order valence-corrected chi connectivity index (χ0v) is 13.9. The third kappa shape index (κ3) is 4.58. The van der Waals surface area contributed by atoms with Crippen LogP contribution in [0.25, 0.3) is 0 Å². The summed E-state index contributed by atoms with van der Waals surface area (Å²) in [6.07, 6.45) is 4.16. The first-order chi connectivity index (χ1) is 10.2. The fourth-order valence-electron chi connectivity index (χ4n) is 2.33. The Balaban J connectivity index is 2.01. The number of anilines is 1. The number of hydrogen-bond donors (Lipinski definition) is 1. The molecule has 1 N–H and O–H groups in total. The maximum Gasteiger partial charge on any atom is 0.203 e. The first-order valence-corrected chi connectivity index (χ1v) is 8.54. The number of hydrogen-bond acceptors (Lipinski definition) is 4. The summed E-state index contributed by atoms with van der Waals surface area (Å²) in [7, 11) is 0. The molecule has 0 radical (unpaired) electrons. The van der Waals surface area contributed by atoms with Crippen molar-refractivity contribution in [2.75, 3.05) is 18.5 Å². The van der Waals surface area contributed by atoms with Crippen LogP contribution in [0.15, 0.2) is 23.7 Å². The summed E-state index contributed by atoms with van der Waals surface area (Å²) in [5.41, 5.74) is 1.05. The van der Waals surface area contributed by atoms with Gasteiger partial charge in [-0.25, -0.2) is 4.98 Å². The highest BCUT2D eigenvalue weighted by Crippen LogP contribution is 2.26. The number of thiophene rings is 1. The van der Waals surface area contributed by atoms with Gasteiger partial charge in [-0.05, 0) is 38.1 Å². The Morgan fingerprint density at radius 2 is 2.29 bits per heavy atom. The second-order valence-corrected chi connectivity index (χ2v) is 6.05. The summed E-state index contributed by atoms with van der Waals surface area (Å²) in [5, 5.41) is 5.71. The van der Waals surface area contributed by atoms with E-state index in [2.05, 4.69) is 45.5 Å². The molecule has 4 nitrogen and oxygen atoms in total. The summed E-state index contributed by atoms with van der Waals surface area (Å²) in [6.45, 7) is 8.79. The molecule has 0 aliphatic heterocycles. The molecule has 0 bridgehead atoms. The highest BCUT2D eigenvalue weighted by molar-refractivity contribution is 7.10. The maximum atomic E-state index is 5.41. The molecule has 5 heteroatoms. The van der Waals surface area contributed by atoms with Gasteiger partial charge in [0.05, 0.1) is 11.7 Å². The van der Waals surface area contributed by atoms with Crippen LogP contribution in [0.3, 0.4) is 0 Å². The van der Waals surface area contributed by atoms with Crippen LogP contribution in [-0.2, 0) is 11.3 Å². The molecule has 21 heavy (non-hydrogen) atoms. The molecule has 0 aliphatic rings. The molecule has 1 unspecified atom stereocenters. The lowest BCUT2D eigenvalue weighted by molar-refractivity contribution is 0.142. The van der Waals surface area contributed by atoms with Crippen LogP contribution in [0.1, 0.15) is 43.3 Å². The van der Waals surface area contributed by atoms with Crippen LogP contribution >= 0.6 is 11.3 Å². The molecular formula is C16H25N3OS. The van der Waals surface area contributed by atoms with Gasteiger partial charge in [-0.15, -0.1) is 11.3 Å². The third-order valence-electron chi connectivity index (χ3n) is 3.39. The van der Waals surface area contributed by atoms with E-state index in [-0.39, 0.29) is 0 Å². The van der Waals surface area contributed by atoms with E-state index < -0.39 is 0 Å². The smallest absolute Gasteiger partial charge is 0.203 e. The maximum absolute atomic E-state index is 5.41. The van der Waals surface area contributed by atoms with E-state index in [0.29, 0.717) is 6.04 Å². The van der Waals surface area contributed by atoms with Gasteiger partial charge in [0.2, 0.25) is 5.95 Å². The normalized spacial score (nSPS) is 12.5. The second-order valence-electron chi connectivity index (χ2n) is 5.07. The molecule has 0 spiro atoms. The Morgan fingerprint density at radius 1 is 1.43 bits per heavy atom. The molecule has 0 amide bonds. The molecule has 2 aromatic rings.